The van der Waals surface area contributed by atoms with Gasteiger partial charge in [-0.05, 0) is 18.9 Å². The zero-order chi connectivity index (χ0) is 15.0. The number of hydrogen-bond acceptors (Lipinski definition) is 3. The predicted octanol–water partition coefficient (Wildman–Crippen LogP) is 1.05. The van der Waals surface area contributed by atoms with Crippen molar-refractivity contribution >= 4 is 11.8 Å². The van der Waals surface area contributed by atoms with E-state index in [0.717, 1.165) is 19.0 Å². The molecule has 0 N–H and O–H groups in total. The van der Waals surface area contributed by atoms with E-state index < -0.39 is 17.7 Å². The van der Waals surface area contributed by atoms with Crippen molar-refractivity contribution < 1.29 is 18.4 Å². The molecule has 5 nitrogen and oxygen atoms in total. The molecular formula is C14H15F2N3O2. The lowest BCUT2D eigenvalue weighted by molar-refractivity contribution is -0.134. The minimum atomic E-state index is -1.27. The third-order valence-corrected chi connectivity index (χ3v) is 3.88. The van der Waals surface area contributed by atoms with E-state index in [4.69, 9.17) is 0 Å². The van der Waals surface area contributed by atoms with E-state index in [1.54, 1.807) is 4.90 Å². The molecule has 1 saturated heterocycles. The van der Waals surface area contributed by atoms with Crippen LogP contribution in [0.1, 0.15) is 23.2 Å². The summed E-state index contributed by atoms with van der Waals surface area (Å²) < 4.78 is 26.6. The lowest BCUT2D eigenvalue weighted by Crippen LogP contribution is -2.51. The highest BCUT2D eigenvalue weighted by atomic mass is 19.2. The zero-order valence-electron chi connectivity index (χ0n) is 11.4. The van der Waals surface area contributed by atoms with Crippen molar-refractivity contribution in [2.45, 2.75) is 12.8 Å². The number of hydrogen-bond donors (Lipinski definition) is 0. The van der Waals surface area contributed by atoms with E-state index in [9.17, 15) is 18.4 Å². The highest BCUT2D eigenvalue weighted by Crippen LogP contribution is 2.31. The molecule has 2 aliphatic rings. The van der Waals surface area contributed by atoms with E-state index in [1.165, 1.54) is 11.0 Å². The molecule has 0 radical (unpaired) electrons. The molecule has 2 fully saturated rings. The van der Waals surface area contributed by atoms with Crippen LogP contribution in [0.3, 0.4) is 0 Å². The minimum Gasteiger partial charge on any atom is -0.339 e. The van der Waals surface area contributed by atoms with Crippen molar-refractivity contribution in [3.63, 3.8) is 0 Å². The molecular weight excluding hydrogens is 280 g/mol. The Morgan fingerprint density at radius 1 is 1.10 bits per heavy atom. The van der Waals surface area contributed by atoms with Gasteiger partial charge in [-0.1, -0.05) is 0 Å². The Morgan fingerprint density at radius 3 is 2.33 bits per heavy atom. The average Bonchev–Trinajstić information content (AvgIpc) is 3.33. The van der Waals surface area contributed by atoms with Crippen LogP contribution in [0.2, 0.25) is 0 Å². The second-order valence-corrected chi connectivity index (χ2v) is 5.36. The second-order valence-electron chi connectivity index (χ2n) is 5.36. The van der Waals surface area contributed by atoms with Gasteiger partial charge in [-0.3, -0.25) is 9.59 Å². The van der Waals surface area contributed by atoms with Gasteiger partial charge in [0.05, 0.1) is 5.56 Å². The number of nitrogens with zero attached hydrogens (tertiary/aromatic N) is 3. The molecule has 0 unspecified atom stereocenters. The molecule has 112 valence electrons. The Labute approximate surface area is 120 Å². The fraction of sp³-hybridized carbons (Fsp3) is 0.500. The lowest BCUT2D eigenvalue weighted by Gasteiger charge is -2.35. The zero-order valence-corrected chi connectivity index (χ0v) is 11.4. The first-order valence-corrected chi connectivity index (χ1v) is 6.96. The summed E-state index contributed by atoms with van der Waals surface area (Å²) in [5.41, 5.74) is -0.315. The maximum atomic E-state index is 13.6. The topological polar surface area (TPSA) is 53.5 Å². The highest BCUT2D eigenvalue weighted by molar-refractivity contribution is 5.94. The Morgan fingerprint density at radius 2 is 1.71 bits per heavy atom. The number of carbonyl (C=O) groups excluding carboxylic acids is 2. The van der Waals surface area contributed by atoms with E-state index >= 15 is 0 Å². The first-order chi connectivity index (χ1) is 10.1. The summed E-state index contributed by atoms with van der Waals surface area (Å²) in [6.45, 7) is 1.55. The normalized spacial score (nSPS) is 18.8. The molecule has 2 amide bonds. The summed E-state index contributed by atoms with van der Waals surface area (Å²) in [5, 5.41) is 0. The van der Waals surface area contributed by atoms with Crippen LogP contribution in [0.25, 0.3) is 0 Å². The molecule has 1 aromatic rings. The maximum absolute atomic E-state index is 13.6. The molecule has 7 heteroatoms. The van der Waals surface area contributed by atoms with Gasteiger partial charge in [0.1, 0.15) is 0 Å². The summed E-state index contributed by atoms with van der Waals surface area (Å²) in [7, 11) is 0. The quantitative estimate of drug-likeness (QED) is 0.767. The minimum absolute atomic E-state index is 0.142. The van der Waals surface area contributed by atoms with Crippen molar-refractivity contribution in [2.24, 2.45) is 5.92 Å². The molecule has 1 aromatic heterocycles. The van der Waals surface area contributed by atoms with Crippen LogP contribution >= 0.6 is 0 Å². The third-order valence-electron chi connectivity index (χ3n) is 3.88. The van der Waals surface area contributed by atoms with Crippen LogP contribution < -0.4 is 0 Å². The van der Waals surface area contributed by atoms with Gasteiger partial charge in [0.15, 0.2) is 5.82 Å². The van der Waals surface area contributed by atoms with Crippen molar-refractivity contribution in [3.05, 3.63) is 29.6 Å². The molecule has 2 heterocycles. The molecule has 1 aliphatic carbocycles. The Bertz CT molecular complexity index is 582. The number of amides is 2. The van der Waals surface area contributed by atoms with Crippen LogP contribution in [-0.4, -0.2) is 52.8 Å². The summed E-state index contributed by atoms with van der Waals surface area (Å²) in [4.78, 5) is 30.4. The van der Waals surface area contributed by atoms with E-state index in [0.29, 0.717) is 26.2 Å². The largest absolute Gasteiger partial charge is 0.339 e. The van der Waals surface area contributed by atoms with E-state index in [-0.39, 0.29) is 17.4 Å². The van der Waals surface area contributed by atoms with Crippen molar-refractivity contribution in [2.75, 3.05) is 26.2 Å². The predicted molar refractivity (Wildman–Crippen MR) is 69.4 cm³/mol. The van der Waals surface area contributed by atoms with Gasteiger partial charge in [-0.15, -0.1) is 0 Å². The van der Waals surface area contributed by atoms with Crippen LogP contribution in [0.15, 0.2) is 12.3 Å². The number of aromatic nitrogens is 1. The molecule has 21 heavy (non-hydrogen) atoms. The van der Waals surface area contributed by atoms with Crippen molar-refractivity contribution in [1.29, 1.82) is 0 Å². The molecule has 0 bridgehead atoms. The van der Waals surface area contributed by atoms with Crippen LogP contribution in [-0.2, 0) is 4.79 Å². The van der Waals surface area contributed by atoms with Crippen LogP contribution in [0.4, 0.5) is 8.78 Å². The summed E-state index contributed by atoms with van der Waals surface area (Å²) in [5.74, 6) is -2.77. The van der Waals surface area contributed by atoms with Gasteiger partial charge in [0.2, 0.25) is 11.9 Å². The Kier molecular flexibility index (Phi) is 3.57. The first kappa shape index (κ1) is 13.9. The average molecular weight is 295 g/mol. The molecule has 0 atom stereocenters. The maximum Gasteiger partial charge on any atom is 0.257 e. The fourth-order valence-electron chi connectivity index (χ4n) is 2.47. The lowest BCUT2D eigenvalue weighted by atomic mass is 10.2. The smallest absolute Gasteiger partial charge is 0.257 e. The fourth-order valence-corrected chi connectivity index (χ4v) is 2.47. The van der Waals surface area contributed by atoms with Gasteiger partial charge in [0, 0.05) is 38.3 Å². The summed E-state index contributed by atoms with van der Waals surface area (Å²) in [6, 6.07) is 1.17. The Balaban J connectivity index is 1.64. The van der Waals surface area contributed by atoms with Crippen molar-refractivity contribution in [3.8, 4) is 0 Å². The second kappa shape index (κ2) is 5.38. The van der Waals surface area contributed by atoms with Gasteiger partial charge in [-0.2, -0.15) is 4.39 Å². The van der Waals surface area contributed by atoms with E-state index in [1.807, 2.05) is 0 Å². The monoisotopic (exact) mass is 295 g/mol. The standard InChI is InChI=1S/C14H15F2N3O2/c15-11-10(3-4-17-12(11)16)14(21)19-7-5-18(6-8-19)13(20)9-1-2-9/h3-4,9H,1-2,5-8H2. The Hall–Kier alpha value is -2.05. The van der Waals surface area contributed by atoms with Gasteiger partial charge in [-0.25, -0.2) is 9.37 Å². The molecule has 3 rings (SSSR count). The summed E-state index contributed by atoms with van der Waals surface area (Å²) >= 11 is 0. The number of pyridine rings is 1. The number of piperazine rings is 1. The van der Waals surface area contributed by atoms with Gasteiger partial charge in [0.25, 0.3) is 5.91 Å². The van der Waals surface area contributed by atoms with Crippen LogP contribution in [0, 0.1) is 17.7 Å². The van der Waals surface area contributed by atoms with Gasteiger partial charge < -0.3 is 9.80 Å². The third kappa shape index (κ3) is 2.72. The van der Waals surface area contributed by atoms with Gasteiger partial charge >= 0.3 is 0 Å². The van der Waals surface area contributed by atoms with Crippen molar-refractivity contribution in [1.82, 2.24) is 14.8 Å². The molecule has 0 spiro atoms. The molecule has 1 saturated carbocycles. The first-order valence-electron chi connectivity index (χ1n) is 6.96. The number of carbonyl (C=O) groups is 2. The number of halogens is 2. The molecule has 1 aliphatic heterocycles. The van der Waals surface area contributed by atoms with E-state index in [2.05, 4.69) is 4.98 Å². The van der Waals surface area contributed by atoms with Crippen LogP contribution in [0.5, 0.6) is 0 Å². The SMILES string of the molecule is O=C(c1ccnc(F)c1F)N1CCN(C(=O)C2CC2)CC1. The molecule has 0 aromatic carbocycles. The highest BCUT2D eigenvalue weighted by Gasteiger charge is 2.35. The summed E-state index contributed by atoms with van der Waals surface area (Å²) in [6.07, 6.45) is 2.96. The number of rotatable bonds is 2.